The Morgan fingerprint density at radius 1 is 0.816 bits per heavy atom. The van der Waals surface area contributed by atoms with Crippen LogP contribution in [0.25, 0.3) is 0 Å². The molecule has 7 heteroatoms. The highest BCUT2D eigenvalue weighted by atomic mass is 16.6. The van der Waals surface area contributed by atoms with Crippen LogP contribution < -0.4 is 14.8 Å². The van der Waals surface area contributed by atoms with Crippen molar-refractivity contribution in [2.75, 3.05) is 13.6 Å². The number of carbonyl (C=O) groups is 2. The number of carbonyl (C=O) groups excluding carboxylic acids is 2. The zero-order chi connectivity index (χ0) is 27.5. The zero-order valence-corrected chi connectivity index (χ0v) is 22.9. The van der Waals surface area contributed by atoms with Gasteiger partial charge >= 0.3 is 6.09 Å². The average molecular weight is 519 g/mol. The molecule has 3 aromatic rings. The van der Waals surface area contributed by atoms with Crippen molar-refractivity contribution in [1.82, 2.24) is 10.2 Å². The van der Waals surface area contributed by atoms with Crippen molar-refractivity contribution in [3.63, 3.8) is 0 Å². The number of nitrogens with zero attached hydrogens (tertiary/aromatic N) is 1. The van der Waals surface area contributed by atoms with Gasteiger partial charge in [-0.2, -0.15) is 0 Å². The molecule has 0 saturated heterocycles. The molecule has 1 N–H and O–H groups in total. The normalized spacial score (nSPS) is 11.8. The fourth-order valence-corrected chi connectivity index (χ4v) is 3.69. The summed E-state index contributed by atoms with van der Waals surface area (Å²) in [5.41, 5.74) is 2.51. The molecule has 3 aromatic carbocycles. The van der Waals surface area contributed by atoms with Gasteiger partial charge in [-0.25, -0.2) is 4.79 Å². The van der Waals surface area contributed by atoms with Crippen LogP contribution in [0.1, 0.15) is 44.4 Å². The van der Waals surface area contributed by atoms with E-state index in [1.165, 1.54) is 0 Å². The maximum absolute atomic E-state index is 12.7. The van der Waals surface area contributed by atoms with Crippen molar-refractivity contribution < 1.29 is 23.8 Å². The highest BCUT2D eigenvalue weighted by molar-refractivity contribution is 5.82. The van der Waals surface area contributed by atoms with Crippen LogP contribution in [0.3, 0.4) is 0 Å². The van der Waals surface area contributed by atoms with E-state index in [-0.39, 0.29) is 18.5 Å². The van der Waals surface area contributed by atoms with Gasteiger partial charge in [-0.15, -0.1) is 0 Å². The summed E-state index contributed by atoms with van der Waals surface area (Å²) < 4.78 is 17.5. The molecule has 0 aromatic heterocycles. The molecule has 7 nitrogen and oxygen atoms in total. The lowest BCUT2D eigenvalue weighted by Gasteiger charge is -2.26. The first-order valence-electron chi connectivity index (χ1n) is 12.8. The van der Waals surface area contributed by atoms with Crippen LogP contribution in [0.5, 0.6) is 11.5 Å². The number of hydrogen-bond acceptors (Lipinski definition) is 5. The molecule has 0 aliphatic heterocycles. The molecule has 38 heavy (non-hydrogen) atoms. The van der Waals surface area contributed by atoms with E-state index in [1.807, 2.05) is 85.8 Å². The second-order valence-electron chi connectivity index (χ2n) is 10.2. The van der Waals surface area contributed by atoms with E-state index in [1.54, 1.807) is 32.7 Å². The molecule has 0 heterocycles. The summed E-state index contributed by atoms with van der Waals surface area (Å²) in [5, 5.41) is 2.53. The second kappa shape index (κ2) is 13.5. The summed E-state index contributed by atoms with van der Waals surface area (Å²) in [4.78, 5) is 26.2. The van der Waals surface area contributed by atoms with Gasteiger partial charge in [0, 0.05) is 13.1 Å². The Morgan fingerprint density at radius 3 is 1.92 bits per heavy atom. The Morgan fingerprint density at radius 2 is 1.37 bits per heavy atom. The number of amides is 2. The average Bonchev–Trinajstić information content (AvgIpc) is 2.89. The van der Waals surface area contributed by atoms with Gasteiger partial charge in [0.1, 0.15) is 25.4 Å². The first-order chi connectivity index (χ1) is 18.1. The van der Waals surface area contributed by atoms with E-state index in [0.717, 1.165) is 16.7 Å². The van der Waals surface area contributed by atoms with Crippen molar-refractivity contribution in [2.45, 2.75) is 59.0 Å². The minimum Gasteiger partial charge on any atom is -0.485 e. The molecule has 0 bridgehead atoms. The van der Waals surface area contributed by atoms with Crippen molar-refractivity contribution >= 4 is 12.0 Å². The van der Waals surface area contributed by atoms with Crippen molar-refractivity contribution in [3.05, 3.63) is 95.6 Å². The van der Waals surface area contributed by atoms with E-state index in [2.05, 4.69) is 5.32 Å². The van der Waals surface area contributed by atoms with E-state index in [9.17, 15) is 9.59 Å². The number of nitrogens with one attached hydrogen (secondary N) is 1. The lowest BCUT2D eigenvalue weighted by Crippen LogP contribution is -2.44. The van der Waals surface area contributed by atoms with Crippen molar-refractivity contribution in [3.8, 4) is 11.5 Å². The Kier molecular flexibility index (Phi) is 10.2. The first-order valence-corrected chi connectivity index (χ1v) is 12.8. The molecule has 0 aliphatic rings. The van der Waals surface area contributed by atoms with Crippen LogP contribution in [-0.2, 0) is 29.2 Å². The topological polar surface area (TPSA) is 77.1 Å². The van der Waals surface area contributed by atoms with Crippen LogP contribution >= 0.6 is 0 Å². The molecule has 0 aliphatic carbocycles. The minimum absolute atomic E-state index is 0.110. The predicted octanol–water partition coefficient (Wildman–Crippen LogP) is 5.76. The van der Waals surface area contributed by atoms with Gasteiger partial charge in [-0.3, -0.25) is 4.79 Å². The number of benzene rings is 3. The molecule has 0 saturated carbocycles. The number of hydrogen-bond donors (Lipinski definition) is 1. The van der Waals surface area contributed by atoms with E-state index >= 15 is 0 Å². The van der Waals surface area contributed by atoms with Crippen molar-refractivity contribution in [2.24, 2.45) is 0 Å². The summed E-state index contributed by atoms with van der Waals surface area (Å²) in [6.07, 6.45) is -0.00629. The van der Waals surface area contributed by atoms with Gasteiger partial charge in [0.15, 0.2) is 11.5 Å². The lowest BCUT2D eigenvalue weighted by molar-refractivity contribution is -0.130. The van der Waals surface area contributed by atoms with Crippen LogP contribution in [0.4, 0.5) is 4.79 Å². The summed E-state index contributed by atoms with van der Waals surface area (Å²) in [6, 6.07) is 25.7. The quantitative estimate of drug-likeness (QED) is 0.349. The van der Waals surface area contributed by atoms with Crippen LogP contribution in [0, 0.1) is 0 Å². The molecular formula is C31H38N2O5. The van der Waals surface area contributed by atoms with E-state index in [0.29, 0.717) is 31.1 Å². The highest BCUT2D eigenvalue weighted by Crippen LogP contribution is 2.31. The molecule has 1 atom stereocenters. The maximum Gasteiger partial charge on any atom is 0.408 e. The third kappa shape index (κ3) is 9.47. The van der Waals surface area contributed by atoms with Gasteiger partial charge in [-0.1, -0.05) is 66.7 Å². The predicted molar refractivity (Wildman–Crippen MR) is 148 cm³/mol. The Hall–Kier alpha value is -4.00. The Labute approximate surface area is 225 Å². The van der Waals surface area contributed by atoms with Crippen LogP contribution in [-0.4, -0.2) is 42.1 Å². The molecular weight excluding hydrogens is 480 g/mol. The van der Waals surface area contributed by atoms with Gasteiger partial charge in [0.05, 0.1) is 0 Å². The summed E-state index contributed by atoms with van der Waals surface area (Å²) >= 11 is 0. The molecule has 3 rings (SSSR count). The lowest BCUT2D eigenvalue weighted by atomic mass is 10.1. The minimum atomic E-state index is -0.621. The standard InChI is InChI=1S/C31H38N2O5/c1-23(33(5)29(34)20-32-30(35)38-31(2,3)4)18-26-16-17-27(36-21-24-12-8-6-9-13-24)28(19-26)37-22-25-14-10-7-11-15-25/h6-17,19,23H,18,20-22H2,1-5H3,(H,32,35). The molecule has 0 fully saturated rings. The van der Waals surface area contributed by atoms with Crippen LogP contribution in [0.15, 0.2) is 78.9 Å². The summed E-state index contributed by atoms with van der Waals surface area (Å²) in [7, 11) is 1.73. The summed E-state index contributed by atoms with van der Waals surface area (Å²) in [6.45, 7) is 8.01. The van der Waals surface area contributed by atoms with E-state index < -0.39 is 11.7 Å². The third-order valence-corrected chi connectivity index (χ3v) is 5.85. The first kappa shape index (κ1) is 28.6. The molecule has 2 amide bonds. The Bertz CT molecular complexity index is 1180. The van der Waals surface area contributed by atoms with Gasteiger partial charge < -0.3 is 24.4 Å². The number of ether oxygens (including phenoxy) is 3. The molecule has 0 radical (unpaired) electrons. The van der Waals surface area contributed by atoms with Crippen LogP contribution in [0.2, 0.25) is 0 Å². The maximum atomic E-state index is 12.7. The molecule has 202 valence electrons. The number of likely N-dealkylation sites (N-methyl/N-ethyl adjacent to an activating group) is 1. The van der Waals surface area contributed by atoms with Crippen molar-refractivity contribution in [1.29, 1.82) is 0 Å². The second-order valence-corrected chi connectivity index (χ2v) is 10.2. The number of rotatable bonds is 11. The monoisotopic (exact) mass is 518 g/mol. The third-order valence-electron chi connectivity index (χ3n) is 5.85. The largest absolute Gasteiger partial charge is 0.485 e. The number of alkyl carbamates (subject to hydrolysis) is 1. The molecule has 1 unspecified atom stereocenters. The fourth-order valence-electron chi connectivity index (χ4n) is 3.69. The smallest absolute Gasteiger partial charge is 0.408 e. The zero-order valence-electron chi connectivity index (χ0n) is 22.9. The molecule has 0 spiro atoms. The fraction of sp³-hybridized carbons (Fsp3) is 0.355. The summed E-state index contributed by atoms with van der Waals surface area (Å²) in [5.74, 6) is 1.11. The van der Waals surface area contributed by atoms with Gasteiger partial charge in [0.25, 0.3) is 0 Å². The van der Waals surface area contributed by atoms with E-state index in [4.69, 9.17) is 14.2 Å². The SMILES string of the molecule is CC(Cc1ccc(OCc2ccccc2)c(OCc2ccccc2)c1)N(C)C(=O)CNC(=O)OC(C)(C)C. The van der Waals surface area contributed by atoms with Gasteiger partial charge in [0.2, 0.25) is 5.91 Å². The van der Waals surface area contributed by atoms with Gasteiger partial charge in [-0.05, 0) is 62.9 Å². The highest BCUT2D eigenvalue weighted by Gasteiger charge is 2.20. The Balaban J connectivity index is 1.65.